The van der Waals surface area contributed by atoms with Crippen molar-refractivity contribution in [1.29, 1.82) is 0 Å². The fraction of sp³-hybridized carbons (Fsp3) is 0.480. The summed E-state index contributed by atoms with van der Waals surface area (Å²) in [5.41, 5.74) is 2.50. The van der Waals surface area contributed by atoms with E-state index in [4.69, 9.17) is 9.47 Å². The highest BCUT2D eigenvalue weighted by Crippen LogP contribution is 2.28. The van der Waals surface area contributed by atoms with Gasteiger partial charge in [-0.05, 0) is 49.2 Å². The molecule has 1 amide bonds. The lowest BCUT2D eigenvalue weighted by atomic mass is 10.1. The molecule has 180 valence electrons. The van der Waals surface area contributed by atoms with Gasteiger partial charge in [0.2, 0.25) is 10.0 Å². The van der Waals surface area contributed by atoms with Gasteiger partial charge in [-0.15, -0.1) is 0 Å². The molecule has 1 aliphatic heterocycles. The molecule has 0 unspecified atom stereocenters. The topological polar surface area (TPSA) is 76.2 Å². The third kappa shape index (κ3) is 5.50. The summed E-state index contributed by atoms with van der Waals surface area (Å²) in [7, 11) is -2.20. The minimum absolute atomic E-state index is 0.0332. The van der Waals surface area contributed by atoms with Crippen LogP contribution >= 0.6 is 0 Å². The first-order valence-corrected chi connectivity index (χ1v) is 12.9. The fourth-order valence-corrected chi connectivity index (χ4v) is 5.57. The number of hydrogen-bond acceptors (Lipinski definition) is 5. The number of piperidine rings is 1. The Bertz CT molecular complexity index is 1090. The molecule has 7 nitrogen and oxygen atoms in total. The Morgan fingerprint density at radius 3 is 2.30 bits per heavy atom. The van der Waals surface area contributed by atoms with Crippen LogP contribution in [0.5, 0.6) is 11.5 Å². The number of rotatable bonds is 8. The number of nitrogens with zero attached hydrogens (tertiary/aromatic N) is 2. The van der Waals surface area contributed by atoms with Crippen molar-refractivity contribution in [2.45, 2.75) is 51.5 Å². The molecule has 0 bridgehead atoms. The van der Waals surface area contributed by atoms with Crippen LogP contribution in [0.4, 0.5) is 0 Å². The minimum atomic E-state index is -3.68. The first-order chi connectivity index (χ1) is 15.7. The van der Waals surface area contributed by atoms with Gasteiger partial charge < -0.3 is 14.4 Å². The Balaban J connectivity index is 1.75. The molecule has 0 aromatic heterocycles. The standard InChI is InChI=1S/C25H34N2O5S/c1-6-27(7-2)33(29,30)21-10-11-23(31-5)22(17-21)25(28)26-14-12-20(13-15-26)32-24-16-18(3)8-9-19(24)4/h8-11,16-17,20H,6-7,12-15H2,1-5H3. The second-order valence-electron chi connectivity index (χ2n) is 8.33. The number of ether oxygens (including phenoxy) is 2. The predicted octanol–water partition coefficient (Wildman–Crippen LogP) is 4.03. The molecule has 1 aliphatic rings. The normalized spacial score (nSPS) is 15.0. The average molecular weight is 475 g/mol. The zero-order valence-corrected chi connectivity index (χ0v) is 20.9. The molecular weight excluding hydrogens is 440 g/mol. The maximum absolute atomic E-state index is 13.3. The van der Waals surface area contributed by atoms with Gasteiger partial charge in [-0.2, -0.15) is 4.31 Å². The van der Waals surface area contributed by atoms with Crippen LogP contribution in [0.15, 0.2) is 41.3 Å². The molecule has 0 aliphatic carbocycles. The quantitative estimate of drug-likeness (QED) is 0.578. The van der Waals surface area contributed by atoms with E-state index >= 15 is 0 Å². The Morgan fingerprint density at radius 2 is 1.70 bits per heavy atom. The second-order valence-corrected chi connectivity index (χ2v) is 10.3. The van der Waals surface area contributed by atoms with E-state index in [-0.39, 0.29) is 22.5 Å². The van der Waals surface area contributed by atoms with Crippen molar-refractivity contribution in [1.82, 2.24) is 9.21 Å². The number of likely N-dealkylation sites (tertiary alicyclic amines) is 1. The Kier molecular flexibility index (Phi) is 8.02. The van der Waals surface area contributed by atoms with Gasteiger partial charge >= 0.3 is 0 Å². The zero-order chi connectivity index (χ0) is 24.2. The van der Waals surface area contributed by atoms with Crippen LogP contribution in [0.3, 0.4) is 0 Å². The lowest BCUT2D eigenvalue weighted by Gasteiger charge is -2.33. The summed E-state index contributed by atoms with van der Waals surface area (Å²) in [6.07, 6.45) is 1.45. The molecule has 0 saturated carbocycles. The van der Waals surface area contributed by atoms with E-state index in [1.165, 1.54) is 23.5 Å². The molecule has 8 heteroatoms. The van der Waals surface area contributed by atoms with Crippen molar-refractivity contribution in [2.75, 3.05) is 33.3 Å². The van der Waals surface area contributed by atoms with Crippen LogP contribution in [-0.2, 0) is 10.0 Å². The number of aryl methyl sites for hydroxylation is 2. The summed E-state index contributed by atoms with van der Waals surface area (Å²) in [6.45, 7) is 9.44. The van der Waals surface area contributed by atoms with Crippen molar-refractivity contribution in [3.05, 3.63) is 53.1 Å². The number of carbonyl (C=O) groups excluding carboxylic acids is 1. The first kappa shape index (κ1) is 25.1. The van der Waals surface area contributed by atoms with Crippen molar-refractivity contribution in [2.24, 2.45) is 0 Å². The number of methoxy groups -OCH3 is 1. The summed E-state index contributed by atoms with van der Waals surface area (Å²) in [4.78, 5) is 15.2. The van der Waals surface area contributed by atoms with Crippen LogP contribution in [-0.4, -0.2) is 62.9 Å². The summed E-state index contributed by atoms with van der Waals surface area (Å²) in [6, 6.07) is 10.6. The van der Waals surface area contributed by atoms with E-state index < -0.39 is 10.0 Å². The average Bonchev–Trinajstić information content (AvgIpc) is 2.81. The molecule has 2 aromatic carbocycles. The summed E-state index contributed by atoms with van der Waals surface area (Å²) in [5.74, 6) is 1.02. The van der Waals surface area contributed by atoms with Gasteiger partial charge in [0, 0.05) is 39.0 Å². The minimum Gasteiger partial charge on any atom is -0.496 e. The largest absolute Gasteiger partial charge is 0.496 e. The lowest BCUT2D eigenvalue weighted by Crippen LogP contribution is -2.42. The predicted molar refractivity (Wildman–Crippen MR) is 129 cm³/mol. The zero-order valence-electron chi connectivity index (χ0n) is 20.1. The van der Waals surface area contributed by atoms with Gasteiger partial charge in [0.05, 0.1) is 17.6 Å². The highest BCUT2D eigenvalue weighted by molar-refractivity contribution is 7.89. The molecular formula is C25H34N2O5S. The SMILES string of the molecule is CCN(CC)S(=O)(=O)c1ccc(OC)c(C(=O)N2CCC(Oc3cc(C)ccc3C)CC2)c1. The third-order valence-corrected chi connectivity index (χ3v) is 8.16. The number of carbonyl (C=O) groups is 1. The highest BCUT2D eigenvalue weighted by Gasteiger charge is 2.29. The van der Waals surface area contributed by atoms with Crippen LogP contribution in [0.25, 0.3) is 0 Å². The van der Waals surface area contributed by atoms with Crippen LogP contribution in [0, 0.1) is 13.8 Å². The smallest absolute Gasteiger partial charge is 0.257 e. The van der Waals surface area contributed by atoms with Gasteiger partial charge in [-0.3, -0.25) is 4.79 Å². The molecule has 1 saturated heterocycles. The monoisotopic (exact) mass is 474 g/mol. The summed E-state index contributed by atoms with van der Waals surface area (Å²) in [5, 5.41) is 0. The molecule has 0 radical (unpaired) electrons. The van der Waals surface area contributed by atoms with Gasteiger partial charge in [-0.1, -0.05) is 26.0 Å². The molecule has 33 heavy (non-hydrogen) atoms. The van der Waals surface area contributed by atoms with Crippen molar-refractivity contribution in [3.8, 4) is 11.5 Å². The summed E-state index contributed by atoms with van der Waals surface area (Å²) >= 11 is 0. The Labute approximate surface area is 197 Å². The number of benzene rings is 2. The van der Waals surface area contributed by atoms with E-state index in [2.05, 4.69) is 12.1 Å². The fourth-order valence-electron chi connectivity index (χ4n) is 4.09. The van der Waals surface area contributed by atoms with Gasteiger partial charge in [0.15, 0.2) is 0 Å². The summed E-state index contributed by atoms with van der Waals surface area (Å²) < 4.78 is 38.9. The molecule has 2 aromatic rings. The number of amides is 1. The van der Waals surface area contributed by atoms with Crippen LogP contribution in [0.1, 0.15) is 48.2 Å². The molecule has 0 spiro atoms. The van der Waals surface area contributed by atoms with Gasteiger partial charge in [-0.25, -0.2) is 8.42 Å². The second kappa shape index (κ2) is 10.6. The van der Waals surface area contributed by atoms with Crippen molar-refractivity contribution >= 4 is 15.9 Å². The highest BCUT2D eigenvalue weighted by atomic mass is 32.2. The maximum atomic E-state index is 13.3. The third-order valence-electron chi connectivity index (χ3n) is 6.11. The number of hydrogen-bond donors (Lipinski definition) is 0. The molecule has 1 heterocycles. The van der Waals surface area contributed by atoms with Crippen LogP contribution < -0.4 is 9.47 Å². The van der Waals surface area contributed by atoms with Crippen molar-refractivity contribution in [3.63, 3.8) is 0 Å². The molecule has 0 N–H and O–H groups in total. The van der Waals surface area contributed by atoms with E-state index in [1.807, 2.05) is 19.9 Å². The van der Waals surface area contributed by atoms with E-state index in [0.29, 0.717) is 44.8 Å². The van der Waals surface area contributed by atoms with Crippen molar-refractivity contribution < 1.29 is 22.7 Å². The molecule has 3 rings (SSSR count). The Morgan fingerprint density at radius 1 is 1.03 bits per heavy atom. The molecule has 0 atom stereocenters. The van der Waals surface area contributed by atoms with E-state index in [0.717, 1.165) is 16.9 Å². The Hall–Kier alpha value is -2.58. The van der Waals surface area contributed by atoms with Crippen LogP contribution in [0.2, 0.25) is 0 Å². The van der Waals surface area contributed by atoms with E-state index in [9.17, 15) is 13.2 Å². The van der Waals surface area contributed by atoms with Gasteiger partial charge in [0.25, 0.3) is 5.91 Å². The first-order valence-electron chi connectivity index (χ1n) is 11.4. The van der Waals surface area contributed by atoms with Gasteiger partial charge in [0.1, 0.15) is 17.6 Å². The lowest BCUT2D eigenvalue weighted by molar-refractivity contribution is 0.0591. The van der Waals surface area contributed by atoms with E-state index in [1.54, 1.807) is 24.8 Å². The molecule has 1 fully saturated rings. The maximum Gasteiger partial charge on any atom is 0.257 e. The number of sulfonamides is 1.